The topological polar surface area (TPSA) is 75.4 Å². The molecule has 0 heterocycles. The molecule has 0 aromatic heterocycles. The minimum absolute atomic E-state index is 0.0484. The number of rotatable bonds is 3. The summed E-state index contributed by atoms with van der Waals surface area (Å²) in [7, 11) is 0. The van der Waals surface area contributed by atoms with Crippen molar-refractivity contribution >= 4 is 11.6 Å². The first-order chi connectivity index (χ1) is 7.91. The summed E-state index contributed by atoms with van der Waals surface area (Å²) in [6.45, 7) is 1.65. The second-order valence-corrected chi connectivity index (χ2v) is 4.67. The van der Waals surface area contributed by atoms with Crippen molar-refractivity contribution in [3.8, 4) is 5.75 Å². The zero-order chi connectivity index (χ0) is 12.6. The van der Waals surface area contributed by atoms with Crippen LogP contribution in [0.1, 0.15) is 19.8 Å². The van der Waals surface area contributed by atoms with Crippen molar-refractivity contribution in [2.24, 2.45) is 11.7 Å². The summed E-state index contributed by atoms with van der Waals surface area (Å²) in [6, 6.07) is 3.37. The van der Waals surface area contributed by atoms with Gasteiger partial charge in [-0.05, 0) is 37.8 Å². The Morgan fingerprint density at radius 1 is 1.59 bits per heavy atom. The summed E-state index contributed by atoms with van der Waals surface area (Å²) >= 11 is 0. The largest absolute Gasteiger partial charge is 0.506 e. The normalized spacial score (nSPS) is 18.5. The second kappa shape index (κ2) is 4.00. The molecule has 17 heavy (non-hydrogen) atoms. The van der Waals surface area contributed by atoms with E-state index in [0.29, 0.717) is 0 Å². The highest BCUT2D eigenvalue weighted by Crippen LogP contribution is 2.39. The summed E-state index contributed by atoms with van der Waals surface area (Å²) < 4.78 is 13.0. The van der Waals surface area contributed by atoms with Gasteiger partial charge in [0.15, 0.2) is 0 Å². The highest BCUT2D eigenvalue weighted by Gasteiger charge is 2.44. The SMILES string of the molecule is CC(N)(C(=O)Nc1cc(F)ccc1O)C1CC1. The van der Waals surface area contributed by atoms with E-state index in [9.17, 15) is 14.3 Å². The molecule has 2 rings (SSSR count). The first kappa shape index (κ1) is 11.9. The molecule has 92 valence electrons. The van der Waals surface area contributed by atoms with Gasteiger partial charge in [-0.2, -0.15) is 0 Å². The maximum absolute atomic E-state index is 13.0. The van der Waals surface area contributed by atoms with Crippen LogP contribution in [0.2, 0.25) is 0 Å². The zero-order valence-electron chi connectivity index (χ0n) is 9.53. The van der Waals surface area contributed by atoms with Crippen LogP contribution in [0.25, 0.3) is 0 Å². The van der Waals surface area contributed by atoms with E-state index in [0.717, 1.165) is 25.0 Å². The molecule has 0 bridgehead atoms. The highest BCUT2D eigenvalue weighted by molar-refractivity contribution is 5.99. The predicted octanol–water partition coefficient (Wildman–Crippen LogP) is 1.60. The van der Waals surface area contributed by atoms with E-state index in [1.54, 1.807) is 6.92 Å². The Kier molecular flexibility index (Phi) is 2.79. The Hall–Kier alpha value is -1.62. The minimum atomic E-state index is -0.973. The number of anilines is 1. The molecule has 0 aliphatic heterocycles. The lowest BCUT2D eigenvalue weighted by atomic mass is 9.96. The number of hydrogen-bond acceptors (Lipinski definition) is 3. The smallest absolute Gasteiger partial charge is 0.244 e. The van der Waals surface area contributed by atoms with E-state index in [1.807, 2.05) is 0 Å². The van der Waals surface area contributed by atoms with Gasteiger partial charge in [-0.3, -0.25) is 4.79 Å². The summed E-state index contributed by atoms with van der Waals surface area (Å²) in [5.74, 6) is -0.936. The quantitative estimate of drug-likeness (QED) is 0.700. The summed E-state index contributed by atoms with van der Waals surface area (Å²) in [5.41, 5.74) is 4.99. The molecule has 1 amide bonds. The maximum Gasteiger partial charge on any atom is 0.244 e. The summed E-state index contributed by atoms with van der Waals surface area (Å²) in [4.78, 5) is 11.9. The Labute approximate surface area is 98.6 Å². The van der Waals surface area contributed by atoms with E-state index in [1.165, 1.54) is 6.07 Å². The van der Waals surface area contributed by atoms with Crippen molar-refractivity contribution < 1.29 is 14.3 Å². The molecule has 1 aromatic carbocycles. The average molecular weight is 238 g/mol. The van der Waals surface area contributed by atoms with Crippen molar-refractivity contribution in [3.63, 3.8) is 0 Å². The number of carbonyl (C=O) groups is 1. The number of hydrogen-bond donors (Lipinski definition) is 3. The predicted molar refractivity (Wildman–Crippen MR) is 62.0 cm³/mol. The lowest BCUT2D eigenvalue weighted by Crippen LogP contribution is -2.50. The van der Waals surface area contributed by atoms with Crippen LogP contribution in [-0.2, 0) is 4.79 Å². The number of nitrogens with two attached hydrogens (primary N) is 1. The Morgan fingerprint density at radius 3 is 2.82 bits per heavy atom. The number of phenolic OH excluding ortho intramolecular Hbond substituents is 1. The van der Waals surface area contributed by atoms with Crippen LogP contribution in [0.5, 0.6) is 5.75 Å². The number of aromatic hydroxyl groups is 1. The molecular weight excluding hydrogens is 223 g/mol. The van der Waals surface area contributed by atoms with Crippen LogP contribution in [0, 0.1) is 11.7 Å². The molecule has 1 aromatic rings. The molecule has 0 saturated heterocycles. The number of nitrogens with one attached hydrogen (secondary N) is 1. The summed E-state index contributed by atoms with van der Waals surface area (Å²) in [6.07, 6.45) is 1.85. The van der Waals surface area contributed by atoms with Gasteiger partial charge in [0.1, 0.15) is 11.6 Å². The van der Waals surface area contributed by atoms with E-state index in [-0.39, 0.29) is 17.4 Å². The van der Waals surface area contributed by atoms with Gasteiger partial charge in [0, 0.05) is 6.07 Å². The Morgan fingerprint density at radius 2 is 2.24 bits per heavy atom. The van der Waals surface area contributed by atoms with E-state index in [4.69, 9.17) is 5.73 Å². The second-order valence-electron chi connectivity index (χ2n) is 4.67. The number of amides is 1. The molecule has 0 radical (unpaired) electrons. The minimum Gasteiger partial charge on any atom is -0.506 e. The molecule has 1 unspecified atom stereocenters. The van der Waals surface area contributed by atoms with Gasteiger partial charge < -0.3 is 16.2 Å². The van der Waals surface area contributed by atoms with Gasteiger partial charge in [-0.1, -0.05) is 0 Å². The fourth-order valence-electron chi connectivity index (χ4n) is 1.73. The molecule has 1 atom stereocenters. The van der Waals surface area contributed by atoms with E-state index < -0.39 is 17.3 Å². The third-order valence-electron chi connectivity index (χ3n) is 3.12. The number of phenols is 1. The van der Waals surface area contributed by atoms with Crippen LogP contribution in [0.15, 0.2) is 18.2 Å². The number of halogens is 1. The molecule has 1 aliphatic carbocycles. The van der Waals surface area contributed by atoms with Crippen LogP contribution < -0.4 is 11.1 Å². The van der Waals surface area contributed by atoms with Crippen molar-refractivity contribution in [2.75, 3.05) is 5.32 Å². The molecule has 1 fully saturated rings. The van der Waals surface area contributed by atoms with Crippen molar-refractivity contribution in [3.05, 3.63) is 24.0 Å². The molecule has 5 heteroatoms. The van der Waals surface area contributed by atoms with Gasteiger partial charge in [-0.25, -0.2) is 4.39 Å². The zero-order valence-corrected chi connectivity index (χ0v) is 9.53. The first-order valence-electron chi connectivity index (χ1n) is 5.50. The van der Waals surface area contributed by atoms with Crippen LogP contribution >= 0.6 is 0 Å². The molecule has 0 spiro atoms. The first-order valence-corrected chi connectivity index (χ1v) is 5.50. The Bertz CT molecular complexity index is 456. The van der Waals surface area contributed by atoms with Crippen LogP contribution in [-0.4, -0.2) is 16.6 Å². The molecule has 4 N–H and O–H groups in total. The fourth-order valence-corrected chi connectivity index (χ4v) is 1.73. The van der Waals surface area contributed by atoms with Gasteiger partial charge in [0.05, 0.1) is 11.2 Å². The van der Waals surface area contributed by atoms with E-state index >= 15 is 0 Å². The average Bonchev–Trinajstić information content (AvgIpc) is 3.07. The third kappa shape index (κ3) is 2.39. The van der Waals surface area contributed by atoms with Gasteiger partial charge in [0.2, 0.25) is 5.91 Å². The fraction of sp³-hybridized carbons (Fsp3) is 0.417. The standard InChI is InChI=1S/C12H15FN2O2/c1-12(14,7-2-3-7)11(17)15-9-6-8(13)4-5-10(9)16/h4-7,16H,2-3,14H2,1H3,(H,15,17). The van der Waals surface area contributed by atoms with Gasteiger partial charge in [0.25, 0.3) is 0 Å². The monoisotopic (exact) mass is 238 g/mol. The van der Waals surface area contributed by atoms with Gasteiger partial charge >= 0.3 is 0 Å². The Balaban J connectivity index is 2.15. The van der Waals surface area contributed by atoms with E-state index in [2.05, 4.69) is 5.32 Å². The molecule has 1 aliphatic rings. The third-order valence-corrected chi connectivity index (χ3v) is 3.12. The van der Waals surface area contributed by atoms with Crippen molar-refractivity contribution in [1.29, 1.82) is 0 Å². The summed E-state index contributed by atoms with van der Waals surface area (Å²) in [5, 5.41) is 11.9. The van der Waals surface area contributed by atoms with Crippen LogP contribution in [0.3, 0.4) is 0 Å². The maximum atomic E-state index is 13.0. The van der Waals surface area contributed by atoms with Crippen LogP contribution in [0.4, 0.5) is 10.1 Å². The lowest BCUT2D eigenvalue weighted by Gasteiger charge is -2.23. The highest BCUT2D eigenvalue weighted by atomic mass is 19.1. The molecular formula is C12H15FN2O2. The lowest BCUT2D eigenvalue weighted by molar-refractivity contribution is -0.121. The van der Waals surface area contributed by atoms with Crippen molar-refractivity contribution in [1.82, 2.24) is 0 Å². The number of carbonyl (C=O) groups excluding carboxylic acids is 1. The molecule has 4 nitrogen and oxygen atoms in total. The van der Waals surface area contributed by atoms with Crippen molar-refractivity contribution in [2.45, 2.75) is 25.3 Å². The van der Waals surface area contributed by atoms with Gasteiger partial charge in [-0.15, -0.1) is 0 Å². The number of benzene rings is 1. The molecule has 1 saturated carbocycles.